The van der Waals surface area contributed by atoms with E-state index in [0.717, 1.165) is 25.1 Å². The van der Waals surface area contributed by atoms with Crippen molar-refractivity contribution in [3.05, 3.63) is 23.3 Å². The fourth-order valence-corrected chi connectivity index (χ4v) is 2.52. The van der Waals surface area contributed by atoms with Crippen molar-refractivity contribution in [3.8, 4) is 0 Å². The van der Waals surface area contributed by atoms with Gasteiger partial charge in [0.1, 0.15) is 5.82 Å². The van der Waals surface area contributed by atoms with Gasteiger partial charge in [0.05, 0.1) is 0 Å². The predicted molar refractivity (Wildman–Crippen MR) is 65.3 cm³/mol. The molecule has 0 aliphatic heterocycles. The summed E-state index contributed by atoms with van der Waals surface area (Å²) in [5.74, 6) is 0.964. The molecule has 1 aliphatic rings. The molecular formula is C13H21N3. The van der Waals surface area contributed by atoms with Gasteiger partial charge in [-0.2, -0.15) is 0 Å². The third-order valence-electron chi connectivity index (χ3n) is 3.39. The summed E-state index contributed by atoms with van der Waals surface area (Å²) in [7, 11) is 2.02. The third kappa shape index (κ3) is 2.09. The van der Waals surface area contributed by atoms with Crippen molar-refractivity contribution in [2.75, 3.05) is 7.05 Å². The number of aromatic nitrogens is 2. The SMILES string of the molecule is CCc1ncc2c(n1)CC(C)(C)CC2NC. The number of aryl methyl sites for hydroxylation is 1. The Kier molecular flexibility index (Phi) is 2.98. The van der Waals surface area contributed by atoms with Gasteiger partial charge >= 0.3 is 0 Å². The van der Waals surface area contributed by atoms with Crippen molar-refractivity contribution in [2.45, 2.75) is 46.1 Å². The van der Waals surface area contributed by atoms with Crippen molar-refractivity contribution in [2.24, 2.45) is 5.41 Å². The highest BCUT2D eigenvalue weighted by Crippen LogP contribution is 2.39. The molecule has 3 nitrogen and oxygen atoms in total. The smallest absolute Gasteiger partial charge is 0.128 e. The van der Waals surface area contributed by atoms with Crippen LogP contribution in [0.15, 0.2) is 6.20 Å². The minimum atomic E-state index is 0.333. The lowest BCUT2D eigenvalue weighted by atomic mass is 9.74. The molecular weight excluding hydrogens is 198 g/mol. The van der Waals surface area contributed by atoms with Crippen LogP contribution in [0.1, 0.15) is 50.3 Å². The normalized spacial score (nSPS) is 22.9. The fraction of sp³-hybridized carbons (Fsp3) is 0.692. The first kappa shape index (κ1) is 11.5. The molecule has 0 bridgehead atoms. The lowest BCUT2D eigenvalue weighted by Gasteiger charge is -2.36. The van der Waals surface area contributed by atoms with Crippen molar-refractivity contribution < 1.29 is 0 Å². The molecule has 0 amide bonds. The van der Waals surface area contributed by atoms with Gasteiger partial charge < -0.3 is 5.32 Å². The second kappa shape index (κ2) is 4.13. The molecule has 0 saturated heterocycles. The van der Waals surface area contributed by atoms with Gasteiger partial charge in [-0.05, 0) is 25.3 Å². The van der Waals surface area contributed by atoms with Gasteiger partial charge in [0.25, 0.3) is 0 Å². The second-order valence-electron chi connectivity index (χ2n) is 5.43. The Labute approximate surface area is 97.7 Å². The Morgan fingerprint density at radius 2 is 2.25 bits per heavy atom. The summed E-state index contributed by atoms with van der Waals surface area (Å²) >= 11 is 0. The molecule has 1 aromatic rings. The van der Waals surface area contributed by atoms with Crippen LogP contribution >= 0.6 is 0 Å². The van der Waals surface area contributed by atoms with Gasteiger partial charge in [0.15, 0.2) is 0 Å². The van der Waals surface area contributed by atoms with Crippen LogP contribution in [0.25, 0.3) is 0 Å². The average Bonchev–Trinajstić information content (AvgIpc) is 2.25. The van der Waals surface area contributed by atoms with E-state index in [1.165, 1.54) is 11.3 Å². The Hall–Kier alpha value is -0.960. The Morgan fingerprint density at radius 3 is 2.88 bits per heavy atom. The van der Waals surface area contributed by atoms with Crippen LogP contribution in [0, 0.1) is 5.41 Å². The standard InChI is InChI=1S/C13H21N3/c1-5-12-15-8-9-10(14-4)6-13(2,3)7-11(9)16-12/h8,10,14H,5-7H2,1-4H3. The van der Waals surface area contributed by atoms with Gasteiger partial charge in [-0.15, -0.1) is 0 Å². The van der Waals surface area contributed by atoms with Gasteiger partial charge in [-0.1, -0.05) is 20.8 Å². The predicted octanol–water partition coefficient (Wildman–Crippen LogP) is 2.27. The molecule has 1 unspecified atom stereocenters. The maximum Gasteiger partial charge on any atom is 0.128 e. The minimum Gasteiger partial charge on any atom is -0.313 e. The molecule has 0 radical (unpaired) electrons. The Morgan fingerprint density at radius 1 is 1.50 bits per heavy atom. The maximum absolute atomic E-state index is 4.67. The van der Waals surface area contributed by atoms with Crippen molar-refractivity contribution in [1.82, 2.24) is 15.3 Å². The van der Waals surface area contributed by atoms with Crippen LogP contribution < -0.4 is 5.32 Å². The highest BCUT2D eigenvalue weighted by Gasteiger charge is 2.32. The molecule has 1 aromatic heterocycles. The highest BCUT2D eigenvalue weighted by atomic mass is 14.9. The number of nitrogens with zero attached hydrogens (tertiary/aromatic N) is 2. The zero-order valence-corrected chi connectivity index (χ0v) is 10.7. The van der Waals surface area contributed by atoms with Crippen LogP contribution in [0.2, 0.25) is 0 Å². The van der Waals surface area contributed by atoms with E-state index in [1.807, 2.05) is 13.2 Å². The lowest BCUT2D eigenvalue weighted by Crippen LogP contribution is -2.32. The molecule has 0 spiro atoms. The molecule has 88 valence electrons. The summed E-state index contributed by atoms with van der Waals surface area (Å²) in [4.78, 5) is 9.08. The molecule has 1 atom stereocenters. The molecule has 2 rings (SSSR count). The zero-order chi connectivity index (χ0) is 11.8. The van der Waals surface area contributed by atoms with E-state index < -0.39 is 0 Å². The molecule has 0 saturated carbocycles. The van der Waals surface area contributed by atoms with Crippen molar-refractivity contribution >= 4 is 0 Å². The van der Waals surface area contributed by atoms with Gasteiger partial charge in [0.2, 0.25) is 0 Å². The molecule has 16 heavy (non-hydrogen) atoms. The second-order valence-corrected chi connectivity index (χ2v) is 5.43. The largest absolute Gasteiger partial charge is 0.313 e. The Bertz CT molecular complexity index is 385. The summed E-state index contributed by atoms with van der Waals surface area (Å²) in [6.07, 6.45) is 5.15. The number of hydrogen-bond donors (Lipinski definition) is 1. The third-order valence-corrected chi connectivity index (χ3v) is 3.39. The first-order valence-corrected chi connectivity index (χ1v) is 6.07. The first-order valence-electron chi connectivity index (χ1n) is 6.07. The fourth-order valence-electron chi connectivity index (χ4n) is 2.52. The van der Waals surface area contributed by atoms with Crippen molar-refractivity contribution in [1.29, 1.82) is 0 Å². The zero-order valence-electron chi connectivity index (χ0n) is 10.7. The molecule has 3 heteroatoms. The van der Waals surface area contributed by atoms with E-state index in [1.54, 1.807) is 0 Å². The van der Waals surface area contributed by atoms with E-state index >= 15 is 0 Å². The first-order chi connectivity index (χ1) is 7.55. The van der Waals surface area contributed by atoms with Gasteiger partial charge in [-0.3, -0.25) is 0 Å². The van der Waals surface area contributed by atoms with Crippen LogP contribution in [0.4, 0.5) is 0 Å². The molecule has 0 aromatic carbocycles. The van der Waals surface area contributed by atoms with Gasteiger partial charge in [0, 0.05) is 29.9 Å². The summed E-state index contributed by atoms with van der Waals surface area (Å²) in [6.45, 7) is 6.73. The van der Waals surface area contributed by atoms with Crippen molar-refractivity contribution in [3.63, 3.8) is 0 Å². The number of rotatable bonds is 2. The molecule has 1 N–H and O–H groups in total. The summed E-state index contributed by atoms with van der Waals surface area (Å²) < 4.78 is 0. The quantitative estimate of drug-likeness (QED) is 0.829. The summed E-state index contributed by atoms with van der Waals surface area (Å²) in [6, 6.07) is 0.407. The Balaban J connectivity index is 2.42. The van der Waals surface area contributed by atoms with Crippen LogP contribution in [0.3, 0.4) is 0 Å². The molecule has 1 aliphatic carbocycles. The molecule has 0 fully saturated rings. The van der Waals surface area contributed by atoms with E-state index in [0.29, 0.717) is 11.5 Å². The topological polar surface area (TPSA) is 37.8 Å². The van der Waals surface area contributed by atoms with Crippen LogP contribution in [0.5, 0.6) is 0 Å². The van der Waals surface area contributed by atoms with E-state index in [-0.39, 0.29) is 0 Å². The number of nitrogens with one attached hydrogen (secondary N) is 1. The van der Waals surface area contributed by atoms with Crippen LogP contribution in [-0.4, -0.2) is 17.0 Å². The van der Waals surface area contributed by atoms with Crippen LogP contribution in [-0.2, 0) is 12.8 Å². The monoisotopic (exact) mass is 219 g/mol. The number of hydrogen-bond acceptors (Lipinski definition) is 3. The number of fused-ring (bicyclic) bond motifs is 1. The summed E-state index contributed by atoms with van der Waals surface area (Å²) in [5.41, 5.74) is 2.86. The maximum atomic E-state index is 4.67. The average molecular weight is 219 g/mol. The van der Waals surface area contributed by atoms with Gasteiger partial charge in [-0.25, -0.2) is 9.97 Å². The highest BCUT2D eigenvalue weighted by molar-refractivity contribution is 5.26. The van der Waals surface area contributed by atoms with E-state index in [2.05, 4.69) is 36.1 Å². The van der Waals surface area contributed by atoms with E-state index in [4.69, 9.17) is 0 Å². The molecule has 1 heterocycles. The lowest BCUT2D eigenvalue weighted by molar-refractivity contribution is 0.259. The minimum absolute atomic E-state index is 0.333. The van der Waals surface area contributed by atoms with E-state index in [9.17, 15) is 0 Å². The summed E-state index contributed by atoms with van der Waals surface area (Å²) in [5, 5.41) is 3.37.